The highest BCUT2D eigenvalue weighted by Crippen LogP contribution is 2.47. The van der Waals surface area contributed by atoms with Crippen molar-refractivity contribution in [2.75, 3.05) is 0 Å². The molecule has 1 aromatic heterocycles. The van der Waals surface area contributed by atoms with Crippen LogP contribution in [0.25, 0.3) is 98.8 Å². The Labute approximate surface area is 299 Å². The minimum Gasteiger partial charge on any atom is -0.456 e. The van der Waals surface area contributed by atoms with Gasteiger partial charge in [-0.25, -0.2) is 0 Å². The van der Waals surface area contributed by atoms with Crippen molar-refractivity contribution in [2.24, 2.45) is 0 Å². The van der Waals surface area contributed by atoms with Crippen LogP contribution in [-0.4, -0.2) is 0 Å². The van der Waals surface area contributed by atoms with Crippen LogP contribution < -0.4 is 0 Å². The first kappa shape index (κ1) is 18.8. The van der Waals surface area contributed by atoms with Crippen molar-refractivity contribution in [3.05, 3.63) is 182 Å². The minimum atomic E-state index is -0.626. The summed E-state index contributed by atoms with van der Waals surface area (Å²) >= 11 is 0. The van der Waals surface area contributed by atoms with Gasteiger partial charge in [-0.2, -0.15) is 0 Å². The molecule has 1 heterocycles. The monoisotopic (exact) mass is 633 g/mol. The second-order valence-corrected chi connectivity index (χ2v) is 11.9. The Balaban J connectivity index is 1.29. The van der Waals surface area contributed by atoms with Crippen LogP contribution in [-0.2, 0) is 0 Å². The molecular weight excluding hydrogens is 593 g/mol. The molecular formula is C48H30O. The first-order valence-corrected chi connectivity index (χ1v) is 16.0. The third-order valence-electron chi connectivity index (χ3n) is 9.18. The Bertz CT molecular complexity index is 3450. The van der Waals surface area contributed by atoms with Gasteiger partial charge in [0.15, 0.2) is 0 Å². The van der Waals surface area contributed by atoms with Crippen LogP contribution in [0.2, 0.25) is 0 Å². The molecule has 0 atom stereocenters. The van der Waals surface area contributed by atoms with E-state index in [9.17, 15) is 4.11 Å². The molecule has 0 amide bonds. The standard InChI is InChI=1S/C48H30O/c1-2-12-31(13-3-1)36-26-27-42-45(30-36)49-44-23-11-22-43(48(42)44)47-40-20-8-6-18-38(40)46(39-19-7-9-21-41(39)47)37-17-10-16-34(29-37)35-25-24-32-14-4-5-15-33(32)28-35/h1-30H/i4D,5D,10D,14D,15D,16D,17D,24D,25D,28D,29D. The predicted octanol–water partition coefficient (Wildman–Crippen LogP) is 13.7. The lowest BCUT2D eigenvalue weighted by molar-refractivity contribution is 0.669. The van der Waals surface area contributed by atoms with Gasteiger partial charge in [0.2, 0.25) is 0 Å². The molecule has 0 spiro atoms. The zero-order valence-corrected chi connectivity index (χ0v) is 25.9. The zero-order valence-electron chi connectivity index (χ0n) is 36.9. The lowest BCUT2D eigenvalue weighted by atomic mass is 9.84. The number of hydrogen-bond acceptors (Lipinski definition) is 1. The van der Waals surface area contributed by atoms with Gasteiger partial charge in [0, 0.05) is 10.8 Å². The van der Waals surface area contributed by atoms with E-state index in [2.05, 4.69) is 30.3 Å². The smallest absolute Gasteiger partial charge is 0.136 e. The van der Waals surface area contributed by atoms with Crippen LogP contribution >= 0.6 is 0 Å². The number of hydrogen-bond donors (Lipinski definition) is 0. The molecule has 0 radical (unpaired) electrons. The van der Waals surface area contributed by atoms with E-state index in [-0.39, 0.29) is 27.5 Å². The second kappa shape index (κ2) is 11.1. The molecule has 0 N–H and O–H groups in total. The minimum absolute atomic E-state index is 0.00856. The Kier molecular flexibility index (Phi) is 4.25. The first-order valence-electron chi connectivity index (χ1n) is 21.5. The fourth-order valence-corrected chi connectivity index (χ4v) is 7.03. The summed E-state index contributed by atoms with van der Waals surface area (Å²) in [5.74, 6) is 0. The van der Waals surface area contributed by atoms with Crippen molar-refractivity contribution in [3.63, 3.8) is 0 Å². The van der Waals surface area contributed by atoms with Crippen LogP contribution in [0, 0.1) is 0 Å². The summed E-state index contributed by atoms with van der Waals surface area (Å²) in [6.07, 6.45) is 0. The summed E-state index contributed by atoms with van der Waals surface area (Å²) in [5.41, 5.74) is 5.02. The molecule has 1 nitrogen and oxygen atoms in total. The Morgan fingerprint density at radius 1 is 0.388 bits per heavy atom. The van der Waals surface area contributed by atoms with E-state index in [1.165, 1.54) is 0 Å². The van der Waals surface area contributed by atoms with Gasteiger partial charge in [0.1, 0.15) is 11.2 Å². The normalized spacial score (nSPS) is 14.8. The van der Waals surface area contributed by atoms with Gasteiger partial charge >= 0.3 is 0 Å². The largest absolute Gasteiger partial charge is 0.456 e. The van der Waals surface area contributed by atoms with Crippen LogP contribution in [0.5, 0.6) is 0 Å². The Morgan fingerprint density at radius 3 is 1.84 bits per heavy atom. The lowest BCUT2D eigenvalue weighted by Crippen LogP contribution is -1.91. The average Bonchev–Trinajstić information content (AvgIpc) is 3.65. The van der Waals surface area contributed by atoms with Crippen molar-refractivity contribution < 1.29 is 19.5 Å². The molecule has 9 aromatic carbocycles. The molecule has 0 aliphatic heterocycles. The van der Waals surface area contributed by atoms with Crippen LogP contribution in [0.15, 0.2) is 186 Å². The van der Waals surface area contributed by atoms with Crippen molar-refractivity contribution in [1.29, 1.82) is 0 Å². The number of furan rings is 1. The van der Waals surface area contributed by atoms with Crippen LogP contribution in [0.3, 0.4) is 0 Å². The highest BCUT2D eigenvalue weighted by Gasteiger charge is 2.20. The molecule has 0 saturated heterocycles. The van der Waals surface area contributed by atoms with E-state index >= 15 is 0 Å². The zero-order chi connectivity index (χ0) is 41.9. The fourth-order valence-electron chi connectivity index (χ4n) is 7.03. The molecule has 0 unspecified atom stereocenters. The van der Waals surface area contributed by atoms with Crippen molar-refractivity contribution in [2.45, 2.75) is 0 Å². The molecule has 49 heavy (non-hydrogen) atoms. The quantitative estimate of drug-likeness (QED) is 0.176. The highest BCUT2D eigenvalue weighted by atomic mass is 16.3. The Morgan fingerprint density at radius 2 is 1.06 bits per heavy atom. The number of fused-ring (bicyclic) bond motifs is 6. The molecule has 0 saturated carbocycles. The maximum atomic E-state index is 9.75. The molecule has 10 rings (SSSR count). The van der Waals surface area contributed by atoms with E-state index in [0.29, 0.717) is 21.9 Å². The third kappa shape index (κ3) is 4.47. The first-order chi connectivity index (χ1) is 28.9. The molecule has 0 bridgehead atoms. The molecule has 228 valence electrons. The van der Waals surface area contributed by atoms with E-state index in [4.69, 9.17) is 15.4 Å². The Hall–Kier alpha value is -6.44. The van der Waals surface area contributed by atoms with Crippen LogP contribution in [0.1, 0.15) is 15.1 Å². The lowest BCUT2D eigenvalue weighted by Gasteiger charge is -2.18. The maximum absolute atomic E-state index is 9.75. The van der Waals surface area contributed by atoms with E-state index in [1.807, 2.05) is 84.9 Å². The molecule has 1 heteroatoms. The summed E-state index contributed by atoms with van der Waals surface area (Å²) < 4.78 is 104. The van der Waals surface area contributed by atoms with Gasteiger partial charge < -0.3 is 4.42 Å². The summed E-state index contributed by atoms with van der Waals surface area (Å²) in [4.78, 5) is 0. The van der Waals surface area contributed by atoms with E-state index in [0.717, 1.165) is 49.4 Å². The molecule has 0 aliphatic rings. The second-order valence-electron chi connectivity index (χ2n) is 11.9. The molecule has 0 fully saturated rings. The average molecular weight is 634 g/mol. The molecule has 0 aliphatic carbocycles. The summed E-state index contributed by atoms with van der Waals surface area (Å²) in [6, 6.07) is 31.3. The van der Waals surface area contributed by atoms with Gasteiger partial charge in [-0.3, -0.25) is 0 Å². The molecule has 10 aromatic rings. The van der Waals surface area contributed by atoms with Gasteiger partial charge in [0.25, 0.3) is 0 Å². The summed E-state index contributed by atoms with van der Waals surface area (Å²) in [5, 5.41) is 4.08. The highest BCUT2D eigenvalue weighted by molar-refractivity contribution is 6.25. The van der Waals surface area contributed by atoms with E-state index < -0.39 is 66.5 Å². The maximum Gasteiger partial charge on any atom is 0.136 e. The van der Waals surface area contributed by atoms with Gasteiger partial charge in [-0.1, -0.05) is 151 Å². The van der Waals surface area contributed by atoms with Crippen molar-refractivity contribution in [1.82, 2.24) is 0 Å². The van der Waals surface area contributed by atoms with Gasteiger partial charge in [-0.05, 0) is 107 Å². The van der Waals surface area contributed by atoms with E-state index in [1.54, 1.807) is 0 Å². The van der Waals surface area contributed by atoms with Crippen LogP contribution in [0.4, 0.5) is 0 Å². The topological polar surface area (TPSA) is 13.1 Å². The fraction of sp³-hybridized carbons (Fsp3) is 0. The number of rotatable bonds is 4. The number of benzene rings is 9. The summed E-state index contributed by atoms with van der Waals surface area (Å²) in [7, 11) is 0. The SMILES string of the molecule is [2H]c1c([2H])c(-c2c([2H])c([2H])c3c([2H])c([2H])c([2H])c([2H])c3c2[2H])c([2H])c(-c2c3ccccc3c(-c3cccc4oc5cc(-c6ccccc6)ccc5c34)c3ccccc23)c1[2H]. The van der Waals surface area contributed by atoms with Crippen molar-refractivity contribution >= 4 is 54.3 Å². The summed E-state index contributed by atoms with van der Waals surface area (Å²) in [6.45, 7) is 0. The van der Waals surface area contributed by atoms with Gasteiger partial charge in [0.05, 0.1) is 15.1 Å². The third-order valence-corrected chi connectivity index (χ3v) is 9.18. The van der Waals surface area contributed by atoms with Crippen molar-refractivity contribution in [3.8, 4) is 44.5 Å². The van der Waals surface area contributed by atoms with Gasteiger partial charge in [-0.15, -0.1) is 0 Å². The predicted molar refractivity (Wildman–Crippen MR) is 208 cm³/mol.